The summed E-state index contributed by atoms with van der Waals surface area (Å²) in [5, 5.41) is 2.81. The third-order valence-electron chi connectivity index (χ3n) is 2.77. The lowest BCUT2D eigenvalue weighted by Gasteiger charge is -2.12. The molecule has 1 N–H and O–H groups in total. The van der Waals surface area contributed by atoms with Crippen molar-refractivity contribution >= 4 is 27.5 Å². The average molecular weight is 302 g/mol. The van der Waals surface area contributed by atoms with Crippen LogP contribution in [0, 0.1) is 18.7 Å². The molecule has 0 aliphatic rings. The van der Waals surface area contributed by atoms with Gasteiger partial charge in [-0.2, -0.15) is 0 Å². The molecule has 94 valence electrons. The molecule has 0 heterocycles. The zero-order chi connectivity index (χ0) is 13.0. The summed E-state index contributed by atoms with van der Waals surface area (Å²) in [4.78, 5) is 11.7. The Hall–Kier alpha value is -0.900. The van der Waals surface area contributed by atoms with Gasteiger partial charge >= 0.3 is 0 Å². The van der Waals surface area contributed by atoms with Crippen molar-refractivity contribution in [2.24, 2.45) is 5.92 Å². The summed E-state index contributed by atoms with van der Waals surface area (Å²) in [5.41, 5.74) is 1.38. The minimum atomic E-state index is -0.317. The minimum absolute atomic E-state index is 0.0269. The molecule has 2 nitrogen and oxygen atoms in total. The number of rotatable bonds is 4. The highest BCUT2D eigenvalue weighted by molar-refractivity contribution is 9.10. The van der Waals surface area contributed by atoms with Gasteiger partial charge in [0.1, 0.15) is 5.82 Å². The number of carbonyl (C=O) groups excluding carboxylic acids is 1. The molecule has 0 aliphatic heterocycles. The van der Waals surface area contributed by atoms with E-state index in [1.54, 1.807) is 13.0 Å². The van der Waals surface area contributed by atoms with Crippen LogP contribution in [-0.4, -0.2) is 5.91 Å². The fourth-order valence-electron chi connectivity index (χ4n) is 1.44. The van der Waals surface area contributed by atoms with E-state index in [1.165, 1.54) is 6.07 Å². The molecule has 1 aromatic carbocycles. The van der Waals surface area contributed by atoms with E-state index in [9.17, 15) is 9.18 Å². The van der Waals surface area contributed by atoms with E-state index in [-0.39, 0.29) is 11.7 Å². The van der Waals surface area contributed by atoms with Gasteiger partial charge in [-0.1, -0.05) is 20.3 Å². The lowest BCUT2D eigenvalue weighted by atomic mass is 10.0. The van der Waals surface area contributed by atoms with Gasteiger partial charge in [0.25, 0.3) is 0 Å². The molecule has 1 amide bonds. The summed E-state index contributed by atoms with van der Waals surface area (Å²) in [6, 6.07) is 3.00. The van der Waals surface area contributed by atoms with Crippen molar-refractivity contribution in [2.45, 2.75) is 33.6 Å². The number of halogens is 2. The van der Waals surface area contributed by atoms with Gasteiger partial charge in [-0.15, -0.1) is 0 Å². The second kappa shape index (κ2) is 6.15. The van der Waals surface area contributed by atoms with Gasteiger partial charge in [0.15, 0.2) is 0 Å². The summed E-state index contributed by atoms with van der Waals surface area (Å²) >= 11 is 3.11. The van der Waals surface area contributed by atoms with Crippen molar-refractivity contribution in [2.75, 3.05) is 5.32 Å². The summed E-state index contributed by atoms with van der Waals surface area (Å²) in [6.45, 7) is 5.86. The first-order chi connectivity index (χ1) is 7.93. The molecular formula is C13H17BrFNO. The Labute approximate surface area is 110 Å². The lowest BCUT2D eigenvalue weighted by Crippen LogP contribution is -2.15. The van der Waals surface area contributed by atoms with E-state index in [0.29, 0.717) is 22.5 Å². The molecule has 4 heteroatoms. The molecule has 1 aromatic rings. The Kier molecular flexibility index (Phi) is 5.12. The van der Waals surface area contributed by atoms with Gasteiger partial charge in [-0.05, 0) is 46.5 Å². The number of hydrogen-bond acceptors (Lipinski definition) is 1. The Morgan fingerprint density at radius 2 is 2.18 bits per heavy atom. The highest BCUT2D eigenvalue weighted by Crippen LogP contribution is 2.24. The van der Waals surface area contributed by atoms with Crippen LogP contribution < -0.4 is 5.32 Å². The van der Waals surface area contributed by atoms with Crippen molar-refractivity contribution in [3.05, 3.63) is 28.0 Å². The fourth-order valence-corrected chi connectivity index (χ4v) is 1.79. The number of benzene rings is 1. The largest absolute Gasteiger partial charge is 0.326 e. The average Bonchev–Trinajstić information content (AvgIpc) is 2.25. The number of anilines is 1. The SMILES string of the molecule is CCC(C)CC(=O)Nc1cc(Br)c(F)cc1C. The summed E-state index contributed by atoms with van der Waals surface area (Å²) in [5.74, 6) is 0.0163. The number of hydrogen-bond donors (Lipinski definition) is 1. The molecule has 0 aliphatic carbocycles. The van der Waals surface area contributed by atoms with Crippen LogP contribution >= 0.6 is 15.9 Å². The van der Waals surface area contributed by atoms with Crippen LogP contribution in [0.25, 0.3) is 0 Å². The van der Waals surface area contributed by atoms with Gasteiger partial charge < -0.3 is 5.32 Å². The zero-order valence-electron chi connectivity index (χ0n) is 10.3. The minimum Gasteiger partial charge on any atom is -0.326 e. The maximum absolute atomic E-state index is 13.2. The Bertz CT molecular complexity index is 420. The van der Waals surface area contributed by atoms with E-state index in [2.05, 4.69) is 28.2 Å². The second-order valence-electron chi connectivity index (χ2n) is 4.35. The number of nitrogens with one attached hydrogen (secondary N) is 1. The molecule has 1 unspecified atom stereocenters. The molecule has 0 saturated heterocycles. The molecule has 0 bridgehead atoms. The third-order valence-corrected chi connectivity index (χ3v) is 3.38. The Balaban J connectivity index is 2.75. The van der Waals surface area contributed by atoms with Gasteiger partial charge in [0.05, 0.1) is 4.47 Å². The number of amides is 1. The predicted octanol–water partition coefficient (Wildman–Crippen LogP) is 4.27. The molecule has 17 heavy (non-hydrogen) atoms. The fraction of sp³-hybridized carbons (Fsp3) is 0.462. The Morgan fingerprint density at radius 3 is 2.76 bits per heavy atom. The van der Waals surface area contributed by atoms with Crippen LogP contribution in [0.5, 0.6) is 0 Å². The van der Waals surface area contributed by atoms with Crippen LogP contribution in [0.2, 0.25) is 0 Å². The second-order valence-corrected chi connectivity index (χ2v) is 5.20. The van der Waals surface area contributed by atoms with E-state index in [1.807, 2.05) is 6.92 Å². The van der Waals surface area contributed by atoms with Crippen LogP contribution in [0.1, 0.15) is 32.3 Å². The highest BCUT2D eigenvalue weighted by Gasteiger charge is 2.10. The van der Waals surface area contributed by atoms with Crippen LogP contribution in [0.15, 0.2) is 16.6 Å². The van der Waals surface area contributed by atoms with Gasteiger partial charge in [0, 0.05) is 12.1 Å². The topological polar surface area (TPSA) is 29.1 Å². The molecule has 0 saturated carbocycles. The lowest BCUT2D eigenvalue weighted by molar-refractivity contribution is -0.117. The maximum atomic E-state index is 13.2. The first-order valence-electron chi connectivity index (χ1n) is 5.69. The number of aryl methyl sites for hydroxylation is 1. The van der Waals surface area contributed by atoms with E-state index in [4.69, 9.17) is 0 Å². The quantitative estimate of drug-likeness (QED) is 0.884. The summed E-state index contributed by atoms with van der Waals surface area (Å²) < 4.78 is 13.6. The molecular weight excluding hydrogens is 285 g/mol. The first-order valence-corrected chi connectivity index (χ1v) is 6.48. The molecule has 0 radical (unpaired) electrons. The van der Waals surface area contributed by atoms with Gasteiger partial charge in [-0.3, -0.25) is 4.79 Å². The van der Waals surface area contributed by atoms with E-state index < -0.39 is 0 Å². The monoisotopic (exact) mass is 301 g/mol. The summed E-state index contributed by atoms with van der Waals surface area (Å²) in [6.07, 6.45) is 1.46. The third kappa shape index (κ3) is 4.11. The van der Waals surface area contributed by atoms with Gasteiger partial charge in [-0.25, -0.2) is 4.39 Å². The van der Waals surface area contributed by atoms with Crippen molar-refractivity contribution in [1.29, 1.82) is 0 Å². The van der Waals surface area contributed by atoms with Crippen LogP contribution in [0.3, 0.4) is 0 Å². The highest BCUT2D eigenvalue weighted by atomic mass is 79.9. The van der Waals surface area contributed by atoms with Crippen molar-refractivity contribution in [3.63, 3.8) is 0 Å². The van der Waals surface area contributed by atoms with E-state index >= 15 is 0 Å². The molecule has 0 aromatic heterocycles. The van der Waals surface area contributed by atoms with Crippen LogP contribution in [0.4, 0.5) is 10.1 Å². The van der Waals surface area contributed by atoms with Crippen molar-refractivity contribution < 1.29 is 9.18 Å². The molecule has 0 fully saturated rings. The normalized spacial score (nSPS) is 12.3. The molecule has 1 atom stereocenters. The molecule has 1 rings (SSSR count). The van der Waals surface area contributed by atoms with Crippen molar-refractivity contribution in [1.82, 2.24) is 0 Å². The van der Waals surface area contributed by atoms with Gasteiger partial charge in [0.2, 0.25) is 5.91 Å². The molecule has 0 spiro atoms. The zero-order valence-corrected chi connectivity index (χ0v) is 11.9. The standard InChI is InChI=1S/C13H17BrFNO/c1-4-8(2)5-13(17)16-12-7-10(14)11(15)6-9(12)3/h6-8H,4-5H2,1-3H3,(H,16,17). The van der Waals surface area contributed by atoms with Crippen LogP contribution in [-0.2, 0) is 4.79 Å². The van der Waals surface area contributed by atoms with E-state index in [0.717, 1.165) is 12.0 Å². The smallest absolute Gasteiger partial charge is 0.224 e. The predicted molar refractivity (Wildman–Crippen MR) is 71.5 cm³/mol. The van der Waals surface area contributed by atoms with Crippen molar-refractivity contribution in [3.8, 4) is 0 Å². The number of carbonyl (C=O) groups is 1. The summed E-state index contributed by atoms with van der Waals surface area (Å²) in [7, 11) is 0. The maximum Gasteiger partial charge on any atom is 0.224 e. The Morgan fingerprint density at radius 1 is 1.53 bits per heavy atom. The first kappa shape index (κ1) is 14.2.